The lowest BCUT2D eigenvalue weighted by Gasteiger charge is -2.26. The number of amides is 1. The summed E-state index contributed by atoms with van der Waals surface area (Å²) in [4.78, 5) is 14.0. The molecule has 2 atom stereocenters. The van der Waals surface area contributed by atoms with Crippen molar-refractivity contribution < 1.29 is 9.53 Å². The fourth-order valence-electron chi connectivity index (χ4n) is 3.38. The van der Waals surface area contributed by atoms with Gasteiger partial charge in [-0.3, -0.25) is 0 Å². The molecular weight excluding hydrogens is 240 g/mol. The SMILES string of the molecule is CC(C)(C)OC(=O)N1CCCC2(CC1)CC2CCN. The second kappa shape index (κ2) is 5.31. The Morgan fingerprint density at radius 1 is 1.37 bits per heavy atom. The van der Waals surface area contributed by atoms with Crippen LogP contribution in [0.4, 0.5) is 4.79 Å². The van der Waals surface area contributed by atoms with E-state index in [9.17, 15) is 4.79 Å². The molecule has 2 aliphatic rings. The standard InChI is InChI=1S/C15H28N2O2/c1-14(2,3)19-13(18)17-9-4-6-15(7-10-17)11-12(15)5-8-16/h12H,4-11,16H2,1-3H3. The summed E-state index contributed by atoms with van der Waals surface area (Å²) in [5.74, 6) is 0.802. The molecule has 1 aliphatic carbocycles. The van der Waals surface area contributed by atoms with Crippen molar-refractivity contribution in [1.82, 2.24) is 4.90 Å². The van der Waals surface area contributed by atoms with Crippen LogP contribution in [0.1, 0.15) is 52.9 Å². The summed E-state index contributed by atoms with van der Waals surface area (Å²) in [7, 11) is 0. The van der Waals surface area contributed by atoms with Crippen LogP contribution in [0.15, 0.2) is 0 Å². The van der Waals surface area contributed by atoms with Crippen molar-refractivity contribution in [2.24, 2.45) is 17.1 Å². The van der Waals surface area contributed by atoms with Gasteiger partial charge >= 0.3 is 6.09 Å². The first-order valence-corrected chi connectivity index (χ1v) is 7.54. The van der Waals surface area contributed by atoms with Gasteiger partial charge in [-0.25, -0.2) is 4.79 Å². The number of hydrogen-bond acceptors (Lipinski definition) is 3. The number of nitrogens with two attached hydrogens (primary N) is 1. The van der Waals surface area contributed by atoms with Crippen molar-refractivity contribution in [3.8, 4) is 0 Å². The van der Waals surface area contributed by atoms with E-state index in [-0.39, 0.29) is 6.09 Å². The molecule has 0 aromatic heterocycles. The first kappa shape index (κ1) is 14.6. The molecule has 4 heteroatoms. The predicted molar refractivity (Wildman–Crippen MR) is 75.9 cm³/mol. The van der Waals surface area contributed by atoms with Crippen LogP contribution in [0, 0.1) is 11.3 Å². The normalized spacial score (nSPS) is 31.2. The van der Waals surface area contributed by atoms with Gasteiger partial charge in [0.25, 0.3) is 0 Å². The van der Waals surface area contributed by atoms with E-state index in [0.29, 0.717) is 5.41 Å². The summed E-state index contributed by atoms with van der Waals surface area (Å²) in [5.41, 5.74) is 5.75. The van der Waals surface area contributed by atoms with Crippen LogP contribution < -0.4 is 5.73 Å². The van der Waals surface area contributed by atoms with E-state index in [1.807, 2.05) is 25.7 Å². The molecule has 0 aromatic rings. The third kappa shape index (κ3) is 3.62. The van der Waals surface area contributed by atoms with Crippen molar-refractivity contribution in [3.63, 3.8) is 0 Å². The molecule has 1 saturated heterocycles. The van der Waals surface area contributed by atoms with Crippen LogP contribution in [0.2, 0.25) is 0 Å². The van der Waals surface area contributed by atoms with Crippen molar-refractivity contribution in [1.29, 1.82) is 0 Å². The van der Waals surface area contributed by atoms with Gasteiger partial charge in [0.2, 0.25) is 0 Å². The Morgan fingerprint density at radius 3 is 2.74 bits per heavy atom. The van der Waals surface area contributed by atoms with Crippen LogP contribution in [-0.2, 0) is 4.74 Å². The first-order valence-electron chi connectivity index (χ1n) is 7.54. The highest BCUT2D eigenvalue weighted by atomic mass is 16.6. The van der Waals surface area contributed by atoms with Crippen molar-refractivity contribution in [2.45, 2.75) is 58.5 Å². The van der Waals surface area contributed by atoms with E-state index in [1.165, 1.54) is 12.8 Å². The molecule has 1 heterocycles. The topological polar surface area (TPSA) is 55.6 Å². The first-order chi connectivity index (χ1) is 8.86. The zero-order chi connectivity index (χ0) is 14.1. The molecule has 2 fully saturated rings. The summed E-state index contributed by atoms with van der Waals surface area (Å²) in [6.45, 7) is 8.23. The largest absolute Gasteiger partial charge is 0.444 e. The number of rotatable bonds is 2. The van der Waals surface area contributed by atoms with Gasteiger partial charge in [-0.1, -0.05) is 0 Å². The Kier molecular flexibility index (Phi) is 4.09. The van der Waals surface area contributed by atoms with Gasteiger partial charge in [0.15, 0.2) is 0 Å². The summed E-state index contributed by atoms with van der Waals surface area (Å²) >= 11 is 0. The molecular formula is C15H28N2O2. The van der Waals surface area contributed by atoms with E-state index in [0.717, 1.165) is 44.8 Å². The zero-order valence-electron chi connectivity index (χ0n) is 12.6. The lowest BCUT2D eigenvalue weighted by Crippen LogP contribution is -2.37. The number of carbonyl (C=O) groups is 1. The minimum Gasteiger partial charge on any atom is -0.444 e. The van der Waals surface area contributed by atoms with Crippen LogP contribution in [0.5, 0.6) is 0 Å². The molecule has 4 nitrogen and oxygen atoms in total. The molecule has 2 N–H and O–H groups in total. The molecule has 0 bridgehead atoms. The fourth-order valence-corrected chi connectivity index (χ4v) is 3.38. The van der Waals surface area contributed by atoms with Gasteiger partial charge in [-0.05, 0) is 70.8 Å². The second-order valence-electron chi connectivity index (χ2n) is 7.16. The van der Waals surface area contributed by atoms with Gasteiger partial charge in [-0.2, -0.15) is 0 Å². The average Bonchev–Trinajstić information content (AvgIpc) is 3.00. The smallest absolute Gasteiger partial charge is 0.410 e. The zero-order valence-corrected chi connectivity index (χ0v) is 12.6. The summed E-state index contributed by atoms with van der Waals surface area (Å²) in [6, 6.07) is 0. The molecule has 1 amide bonds. The highest BCUT2D eigenvalue weighted by molar-refractivity contribution is 5.68. The van der Waals surface area contributed by atoms with Crippen molar-refractivity contribution >= 4 is 6.09 Å². The highest BCUT2D eigenvalue weighted by Crippen LogP contribution is 2.60. The molecule has 1 saturated carbocycles. The Bertz CT molecular complexity index is 338. The van der Waals surface area contributed by atoms with Crippen LogP contribution in [0.25, 0.3) is 0 Å². The van der Waals surface area contributed by atoms with Crippen LogP contribution in [-0.4, -0.2) is 36.2 Å². The third-order valence-electron chi connectivity index (χ3n) is 4.51. The molecule has 2 rings (SSSR count). The summed E-state index contributed by atoms with van der Waals surface area (Å²) < 4.78 is 5.46. The number of nitrogens with zero attached hydrogens (tertiary/aromatic N) is 1. The maximum Gasteiger partial charge on any atom is 0.410 e. The van der Waals surface area contributed by atoms with Gasteiger partial charge in [0, 0.05) is 13.1 Å². The molecule has 2 unspecified atom stereocenters. The Labute approximate surface area is 116 Å². The van der Waals surface area contributed by atoms with E-state index in [2.05, 4.69) is 0 Å². The number of carbonyl (C=O) groups excluding carboxylic acids is 1. The minimum absolute atomic E-state index is 0.152. The maximum atomic E-state index is 12.1. The predicted octanol–water partition coefficient (Wildman–Crippen LogP) is 2.76. The van der Waals surface area contributed by atoms with Gasteiger partial charge < -0.3 is 15.4 Å². The molecule has 0 aromatic carbocycles. The fraction of sp³-hybridized carbons (Fsp3) is 0.933. The minimum atomic E-state index is -0.400. The van der Waals surface area contributed by atoms with Crippen LogP contribution >= 0.6 is 0 Å². The Hall–Kier alpha value is -0.770. The molecule has 110 valence electrons. The highest BCUT2D eigenvalue weighted by Gasteiger charge is 2.53. The Morgan fingerprint density at radius 2 is 2.11 bits per heavy atom. The van der Waals surface area contributed by atoms with Gasteiger partial charge in [0.05, 0.1) is 0 Å². The number of likely N-dealkylation sites (tertiary alicyclic amines) is 1. The lowest BCUT2D eigenvalue weighted by molar-refractivity contribution is 0.0254. The van der Waals surface area contributed by atoms with Crippen molar-refractivity contribution in [3.05, 3.63) is 0 Å². The van der Waals surface area contributed by atoms with Crippen LogP contribution in [0.3, 0.4) is 0 Å². The third-order valence-corrected chi connectivity index (χ3v) is 4.51. The van der Waals surface area contributed by atoms with E-state index in [1.54, 1.807) is 0 Å². The van der Waals surface area contributed by atoms with E-state index >= 15 is 0 Å². The molecule has 1 spiro atoms. The summed E-state index contributed by atoms with van der Waals surface area (Å²) in [6.07, 6.45) is 5.77. The second-order valence-corrected chi connectivity index (χ2v) is 7.16. The van der Waals surface area contributed by atoms with Gasteiger partial charge in [0.1, 0.15) is 5.60 Å². The van der Waals surface area contributed by atoms with Gasteiger partial charge in [-0.15, -0.1) is 0 Å². The molecule has 0 radical (unpaired) electrons. The number of ether oxygens (including phenoxy) is 1. The summed E-state index contributed by atoms with van der Waals surface area (Å²) in [5, 5.41) is 0. The van der Waals surface area contributed by atoms with E-state index < -0.39 is 5.60 Å². The Balaban J connectivity index is 1.86. The average molecular weight is 268 g/mol. The lowest BCUT2D eigenvalue weighted by atomic mass is 9.93. The molecule has 19 heavy (non-hydrogen) atoms. The monoisotopic (exact) mass is 268 g/mol. The van der Waals surface area contributed by atoms with Crippen molar-refractivity contribution in [2.75, 3.05) is 19.6 Å². The van der Waals surface area contributed by atoms with E-state index in [4.69, 9.17) is 10.5 Å². The quantitative estimate of drug-likeness (QED) is 0.838. The number of hydrogen-bond donors (Lipinski definition) is 1. The maximum absolute atomic E-state index is 12.1. The molecule has 1 aliphatic heterocycles.